The van der Waals surface area contributed by atoms with Gasteiger partial charge < -0.3 is 9.80 Å². The third kappa shape index (κ3) is 23.0. The molecule has 0 atom stereocenters. The quantitative estimate of drug-likeness (QED) is 0.622. The number of alkyl halides is 4. The Balaban J connectivity index is -0.000000218. The minimum absolute atomic E-state index is 0. The van der Waals surface area contributed by atoms with E-state index in [4.69, 9.17) is 46.4 Å². The van der Waals surface area contributed by atoms with Crippen molar-refractivity contribution in [3.05, 3.63) is 0 Å². The lowest BCUT2D eigenvalue weighted by atomic mass is 10.6. The van der Waals surface area contributed by atoms with Crippen LogP contribution in [0.2, 0.25) is 0 Å². The Bertz CT molecular complexity index is 103. The zero-order valence-electron chi connectivity index (χ0n) is 10.5. The molecule has 0 aromatic heterocycles. The molecule has 0 unspecified atom stereocenters. The summed E-state index contributed by atoms with van der Waals surface area (Å²) in [4.78, 5) is 4.19. The lowest BCUT2D eigenvalue weighted by Crippen LogP contribution is -2.22. The molecule has 0 amide bonds. The number of rotatable bonds is 8. The van der Waals surface area contributed by atoms with Crippen LogP contribution in [-0.4, -0.2) is 73.6 Å². The van der Waals surface area contributed by atoms with Crippen LogP contribution >= 0.6 is 58.8 Å². The van der Waals surface area contributed by atoms with E-state index in [2.05, 4.69) is 9.80 Å². The predicted octanol–water partition coefficient (Wildman–Crippen LogP) is 3.21. The van der Waals surface area contributed by atoms with Crippen LogP contribution in [0.25, 0.3) is 0 Å². The molecule has 0 N–H and O–H groups in total. The number of hydrogen-bond acceptors (Lipinski definition) is 2. The maximum Gasteiger partial charge on any atom is 0.0351 e. The van der Waals surface area contributed by atoms with Gasteiger partial charge >= 0.3 is 0 Å². The topological polar surface area (TPSA) is 6.48 Å². The van der Waals surface area contributed by atoms with Gasteiger partial charge in [-0.05, 0) is 14.1 Å². The van der Waals surface area contributed by atoms with Crippen LogP contribution in [0.15, 0.2) is 0 Å². The zero-order chi connectivity index (χ0) is 12.8. The minimum atomic E-state index is 0. The average molecular weight is 349 g/mol. The van der Waals surface area contributed by atoms with E-state index in [9.17, 15) is 0 Å². The molecule has 0 radical (unpaired) electrons. The molecular formula is C10H23Cl5N2. The highest BCUT2D eigenvalue weighted by molar-refractivity contribution is 6.18. The van der Waals surface area contributed by atoms with Gasteiger partial charge in [0.25, 0.3) is 0 Å². The Labute approximate surface area is 132 Å². The Kier molecular flexibility index (Phi) is 27.2. The fourth-order valence-corrected chi connectivity index (χ4v) is 1.95. The Hall–Kier alpha value is 1.37. The summed E-state index contributed by atoms with van der Waals surface area (Å²) >= 11 is 21.8. The molecule has 7 heteroatoms. The first kappa shape index (κ1) is 23.5. The van der Waals surface area contributed by atoms with Gasteiger partial charge in [-0.1, -0.05) is 0 Å². The molecule has 0 aromatic rings. The van der Waals surface area contributed by atoms with E-state index in [-0.39, 0.29) is 12.4 Å². The molecular weight excluding hydrogens is 325 g/mol. The Morgan fingerprint density at radius 3 is 0.882 bits per heavy atom. The van der Waals surface area contributed by atoms with Crippen LogP contribution in [0.4, 0.5) is 0 Å². The van der Waals surface area contributed by atoms with Crippen LogP contribution < -0.4 is 0 Å². The SMILES string of the molecule is CN(CCCl)CCCl.CN(CCCl)CCCl.Cl. The Morgan fingerprint density at radius 2 is 0.765 bits per heavy atom. The van der Waals surface area contributed by atoms with Crippen LogP contribution in [-0.2, 0) is 0 Å². The first-order valence-electron chi connectivity index (χ1n) is 5.23. The van der Waals surface area contributed by atoms with Crippen molar-refractivity contribution in [1.82, 2.24) is 9.80 Å². The van der Waals surface area contributed by atoms with E-state index in [1.54, 1.807) is 0 Å². The molecule has 0 aromatic carbocycles. The Morgan fingerprint density at radius 1 is 0.588 bits per heavy atom. The molecule has 0 aliphatic heterocycles. The molecule has 2 nitrogen and oxygen atoms in total. The lowest BCUT2D eigenvalue weighted by molar-refractivity contribution is 0.378. The van der Waals surface area contributed by atoms with Gasteiger partial charge in [0.2, 0.25) is 0 Å². The van der Waals surface area contributed by atoms with Crippen LogP contribution in [0.1, 0.15) is 0 Å². The van der Waals surface area contributed by atoms with Crippen molar-refractivity contribution < 1.29 is 0 Å². The standard InChI is InChI=1S/2C5H11Cl2N.ClH/c2*1-8(4-2-6)5-3-7;/h2*2-5H2,1H3;1H. The third-order valence-electron chi connectivity index (χ3n) is 1.86. The summed E-state index contributed by atoms with van der Waals surface area (Å²) < 4.78 is 0. The monoisotopic (exact) mass is 346 g/mol. The summed E-state index contributed by atoms with van der Waals surface area (Å²) in [6.07, 6.45) is 0. The normalized spacial score (nSPS) is 9.88. The molecule has 0 bridgehead atoms. The number of nitrogens with zero attached hydrogens (tertiary/aromatic N) is 2. The fraction of sp³-hybridized carbons (Fsp3) is 1.00. The second kappa shape index (κ2) is 19.7. The van der Waals surface area contributed by atoms with Crippen molar-refractivity contribution in [3.63, 3.8) is 0 Å². The minimum Gasteiger partial charge on any atom is -0.304 e. The second-order valence-electron chi connectivity index (χ2n) is 3.36. The summed E-state index contributed by atoms with van der Waals surface area (Å²) in [6.45, 7) is 3.70. The van der Waals surface area contributed by atoms with Gasteiger partial charge in [0.1, 0.15) is 0 Å². The molecule has 0 spiro atoms. The molecule has 0 saturated carbocycles. The molecule has 0 saturated heterocycles. The first-order chi connectivity index (χ1) is 7.62. The molecule has 0 heterocycles. The number of halogens is 5. The van der Waals surface area contributed by atoms with Crippen LogP contribution in [0.5, 0.6) is 0 Å². The summed E-state index contributed by atoms with van der Waals surface area (Å²) in [5.41, 5.74) is 0. The third-order valence-corrected chi connectivity index (χ3v) is 2.54. The van der Waals surface area contributed by atoms with Gasteiger partial charge in [-0.15, -0.1) is 58.8 Å². The highest BCUT2D eigenvalue weighted by atomic mass is 35.5. The van der Waals surface area contributed by atoms with Crippen LogP contribution in [0.3, 0.4) is 0 Å². The second-order valence-corrected chi connectivity index (χ2v) is 4.87. The summed E-state index contributed by atoms with van der Waals surface area (Å²) in [5, 5.41) is 0. The van der Waals surface area contributed by atoms with Gasteiger partial charge in [0.05, 0.1) is 0 Å². The lowest BCUT2D eigenvalue weighted by Gasteiger charge is -2.11. The van der Waals surface area contributed by atoms with Gasteiger partial charge in [-0.25, -0.2) is 0 Å². The maximum absolute atomic E-state index is 5.45. The maximum atomic E-state index is 5.45. The van der Waals surface area contributed by atoms with Crippen molar-refractivity contribution in [3.8, 4) is 0 Å². The van der Waals surface area contributed by atoms with Crippen molar-refractivity contribution in [2.75, 3.05) is 63.8 Å². The summed E-state index contributed by atoms with van der Waals surface area (Å²) in [5.74, 6) is 2.75. The van der Waals surface area contributed by atoms with Crippen molar-refractivity contribution >= 4 is 58.8 Å². The van der Waals surface area contributed by atoms with Crippen molar-refractivity contribution in [2.24, 2.45) is 0 Å². The predicted molar refractivity (Wildman–Crippen MR) is 85.1 cm³/mol. The van der Waals surface area contributed by atoms with Crippen molar-refractivity contribution in [1.29, 1.82) is 0 Å². The molecule has 0 aliphatic rings. The van der Waals surface area contributed by atoms with Gasteiger partial charge in [-0.2, -0.15) is 0 Å². The number of hydrogen-bond donors (Lipinski definition) is 0. The van der Waals surface area contributed by atoms with E-state index in [1.165, 1.54) is 0 Å². The van der Waals surface area contributed by atoms with Gasteiger partial charge in [-0.3, -0.25) is 0 Å². The molecule has 0 fully saturated rings. The van der Waals surface area contributed by atoms with Gasteiger partial charge in [0, 0.05) is 49.7 Å². The first-order valence-corrected chi connectivity index (χ1v) is 7.37. The van der Waals surface area contributed by atoms with Gasteiger partial charge in [0.15, 0.2) is 0 Å². The highest BCUT2D eigenvalue weighted by Gasteiger charge is 1.92. The van der Waals surface area contributed by atoms with E-state index in [0.717, 1.165) is 26.2 Å². The fourth-order valence-electron chi connectivity index (χ4n) is 0.801. The van der Waals surface area contributed by atoms with E-state index < -0.39 is 0 Å². The molecule has 17 heavy (non-hydrogen) atoms. The summed E-state index contributed by atoms with van der Waals surface area (Å²) in [7, 11) is 4.01. The van der Waals surface area contributed by atoms with Crippen LogP contribution in [0, 0.1) is 0 Å². The smallest absolute Gasteiger partial charge is 0.0351 e. The van der Waals surface area contributed by atoms with E-state index >= 15 is 0 Å². The largest absolute Gasteiger partial charge is 0.304 e. The van der Waals surface area contributed by atoms with E-state index in [1.807, 2.05) is 14.1 Å². The van der Waals surface area contributed by atoms with Crippen molar-refractivity contribution in [2.45, 2.75) is 0 Å². The molecule has 0 aliphatic carbocycles. The van der Waals surface area contributed by atoms with E-state index in [0.29, 0.717) is 23.5 Å². The molecule has 0 rings (SSSR count). The zero-order valence-corrected chi connectivity index (χ0v) is 14.3. The average Bonchev–Trinajstić information content (AvgIpc) is 2.20. The molecule has 108 valence electrons. The summed E-state index contributed by atoms with van der Waals surface area (Å²) in [6, 6.07) is 0. The highest BCUT2D eigenvalue weighted by Crippen LogP contribution is 1.85.